The number of hydrogen-bond acceptors (Lipinski definition) is 2. The van der Waals surface area contributed by atoms with Gasteiger partial charge in [-0.2, -0.15) is 0 Å². The Morgan fingerprint density at radius 1 is 1.15 bits per heavy atom. The molecule has 0 radical (unpaired) electrons. The van der Waals surface area contributed by atoms with E-state index in [4.69, 9.17) is 12.2 Å². The fourth-order valence-electron chi connectivity index (χ4n) is 2.73. The molecule has 1 amide bonds. The molecule has 1 heterocycles. The van der Waals surface area contributed by atoms with E-state index in [0.29, 0.717) is 11.4 Å². The molecule has 0 unspecified atom stereocenters. The minimum Gasteiger partial charge on any atom is -0.351 e. The van der Waals surface area contributed by atoms with Crippen LogP contribution in [0.3, 0.4) is 0 Å². The van der Waals surface area contributed by atoms with Gasteiger partial charge in [0.15, 0.2) is 5.11 Å². The van der Waals surface area contributed by atoms with Crippen LogP contribution in [0, 0.1) is 11.6 Å². The van der Waals surface area contributed by atoms with Crippen molar-refractivity contribution in [2.45, 2.75) is 13.0 Å². The van der Waals surface area contributed by atoms with E-state index >= 15 is 0 Å². The first kappa shape index (κ1) is 18.5. The molecule has 0 saturated carbocycles. The summed E-state index contributed by atoms with van der Waals surface area (Å²) < 4.78 is 29.5. The smallest absolute Gasteiger partial charge is 0.255 e. The SMILES string of the molecule is CC1=C(C(=O)Nc2ccc(Br)cc2)[C@H](c2c(F)cccc2F)NC(=S)N1. The van der Waals surface area contributed by atoms with Gasteiger partial charge in [0.2, 0.25) is 0 Å². The number of allylic oxidation sites excluding steroid dienone is 1. The third-order valence-electron chi connectivity index (χ3n) is 3.90. The summed E-state index contributed by atoms with van der Waals surface area (Å²) in [6.07, 6.45) is 0. The molecule has 4 nitrogen and oxygen atoms in total. The maximum Gasteiger partial charge on any atom is 0.255 e. The van der Waals surface area contributed by atoms with Gasteiger partial charge >= 0.3 is 0 Å². The number of anilines is 1. The number of carbonyl (C=O) groups excluding carboxylic acids is 1. The second-order valence-corrected chi connectivity index (χ2v) is 6.99. The highest BCUT2D eigenvalue weighted by atomic mass is 79.9. The lowest BCUT2D eigenvalue weighted by atomic mass is 9.94. The average molecular weight is 438 g/mol. The van der Waals surface area contributed by atoms with Crippen LogP contribution in [0.25, 0.3) is 0 Å². The van der Waals surface area contributed by atoms with Crippen LogP contribution >= 0.6 is 28.1 Å². The quantitative estimate of drug-likeness (QED) is 0.631. The van der Waals surface area contributed by atoms with Gasteiger partial charge in [0, 0.05) is 15.9 Å². The number of rotatable bonds is 3. The Kier molecular flexibility index (Phi) is 5.33. The Labute approximate surface area is 162 Å². The molecule has 3 rings (SSSR count). The Bertz CT molecular complexity index is 895. The summed E-state index contributed by atoms with van der Waals surface area (Å²) in [4.78, 5) is 12.8. The van der Waals surface area contributed by atoms with E-state index in [-0.39, 0.29) is 16.2 Å². The first-order chi connectivity index (χ1) is 12.4. The summed E-state index contributed by atoms with van der Waals surface area (Å²) in [6.45, 7) is 1.63. The fraction of sp³-hybridized carbons (Fsp3) is 0.111. The Morgan fingerprint density at radius 3 is 2.38 bits per heavy atom. The van der Waals surface area contributed by atoms with Crippen LogP contribution in [0.15, 0.2) is 58.2 Å². The Morgan fingerprint density at radius 2 is 1.77 bits per heavy atom. The maximum absolute atomic E-state index is 14.3. The van der Waals surface area contributed by atoms with Gasteiger partial charge in [0.05, 0.1) is 17.2 Å². The summed E-state index contributed by atoms with van der Waals surface area (Å²) in [7, 11) is 0. The van der Waals surface area contributed by atoms with Crippen LogP contribution in [0.2, 0.25) is 0 Å². The molecule has 3 N–H and O–H groups in total. The van der Waals surface area contributed by atoms with Crippen molar-refractivity contribution in [3.05, 3.63) is 75.4 Å². The molecule has 8 heteroatoms. The molecular weight excluding hydrogens is 424 g/mol. The van der Waals surface area contributed by atoms with Gasteiger partial charge in [-0.15, -0.1) is 0 Å². The van der Waals surface area contributed by atoms with Crippen molar-refractivity contribution in [1.82, 2.24) is 10.6 Å². The number of nitrogens with one attached hydrogen (secondary N) is 3. The zero-order chi connectivity index (χ0) is 18.8. The third kappa shape index (κ3) is 3.76. The van der Waals surface area contributed by atoms with E-state index in [1.54, 1.807) is 31.2 Å². The van der Waals surface area contributed by atoms with Crippen LogP contribution in [0.4, 0.5) is 14.5 Å². The van der Waals surface area contributed by atoms with Crippen LogP contribution in [-0.2, 0) is 4.79 Å². The van der Waals surface area contributed by atoms with Crippen molar-refractivity contribution < 1.29 is 13.6 Å². The topological polar surface area (TPSA) is 53.2 Å². The summed E-state index contributed by atoms with van der Waals surface area (Å²) in [5, 5.41) is 8.54. The summed E-state index contributed by atoms with van der Waals surface area (Å²) in [6, 6.07) is 9.49. The second kappa shape index (κ2) is 7.51. The summed E-state index contributed by atoms with van der Waals surface area (Å²) in [5.41, 5.74) is 0.887. The number of hydrogen-bond donors (Lipinski definition) is 3. The van der Waals surface area contributed by atoms with Gasteiger partial charge in [-0.05, 0) is 55.5 Å². The molecule has 2 aromatic rings. The van der Waals surface area contributed by atoms with Gasteiger partial charge in [0.1, 0.15) is 11.6 Å². The largest absolute Gasteiger partial charge is 0.351 e. The molecule has 0 fully saturated rings. The molecule has 134 valence electrons. The molecule has 0 aliphatic carbocycles. The number of benzene rings is 2. The minimum absolute atomic E-state index is 0.158. The summed E-state index contributed by atoms with van der Waals surface area (Å²) in [5.74, 6) is -2.00. The highest BCUT2D eigenvalue weighted by Crippen LogP contribution is 2.31. The van der Waals surface area contributed by atoms with E-state index in [9.17, 15) is 13.6 Å². The predicted octanol–water partition coefficient (Wildman–Crippen LogP) is 4.16. The van der Waals surface area contributed by atoms with Crippen LogP contribution < -0.4 is 16.0 Å². The lowest BCUT2D eigenvalue weighted by Crippen LogP contribution is -2.46. The lowest BCUT2D eigenvalue weighted by Gasteiger charge is -2.30. The van der Waals surface area contributed by atoms with Gasteiger partial charge < -0.3 is 16.0 Å². The van der Waals surface area contributed by atoms with Gasteiger partial charge in [-0.3, -0.25) is 4.79 Å². The molecule has 1 atom stereocenters. The van der Waals surface area contributed by atoms with E-state index < -0.39 is 23.6 Å². The molecule has 0 aromatic heterocycles. The highest BCUT2D eigenvalue weighted by Gasteiger charge is 2.33. The Hall–Kier alpha value is -2.32. The molecule has 0 spiro atoms. The average Bonchev–Trinajstić information content (AvgIpc) is 2.56. The number of amides is 1. The van der Waals surface area contributed by atoms with Crippen molar-refractivity contribution >= 4 is 44.9 Å². The number of thiocarbonyl (C=S) groups is 1. The second-order valence-electron chi connectivity index (χ2n) is 5.67. The first-order valence-corrected chi connectivity index (χ1v) is 8.86. The van der Waals surface area contributed by atoms with Gasteiger partial charge in [0.25, 0.3) is 5.91 Å². The van der Waals surface area contributed by atoms with E-state index in [1.807, 2.05) is 0 Å². The first-order valence-electron chi connectivity index (χ1n) is 7.66. The fourth-order valence-corrected chi connectivity index (χ4v) is 3.26. The minimum atomic E-state index is -1.04. The van der Waals surface area contributed by atoms with Crippen LogP contribution in [-0.4, -0.2) is 11.0 Å². The molecule has 2 aromatic carbocycles. The van der Waals surface area contributed by atoms with Crippen molar-refractivity contribution in [2.24, 2.45) is 0 Å². The molecule has 1 aliphatic heterocycles. The predicted molar refractivity (Wildman–Crippen MR) is 103 cm³/mol. The standard InChI is InChI=1S/C18H14BrF2N3OS/c1-9-14(17(25)23-11-7-5-10(19)6-8-11)16(24-18(26)22-9)15-12(20)3-2-4-13(15)21/h2-8,16H,1H3,(H,23,25)(H2,22,24,26)/t16-/m1/s1. The molecule has 26 heavy (non-hydrogen) atoms. The third-order valence-corrected chi connectivity index (χ3v) is 4.65. The van der Waals surface area contributed by atoms with Gasteiger partial charge in [-0.1, -0.05) is 22.0 Å². The van der Waals surface area contributed by atoms with Crippen LogP contribution in [0.5, 0.6) is 0 Å². The maximum atomic E-state index is 14.3. The number of carbonyl (C=O) groups is 1. The highest BCUT2D eigenvalue weighted by molar-refractivity contribution is 9.10. The van der Waals surface area contributed by atoms with Crippen molar-refractivity contribution in [1.29, 1.82) is 0 Å². The zero-order valence-corrected chi connectivity index (χ0v) is 16.0. The van der Waals surface area contributed by atoms with E-state index in [0.717, 1.165) is 16.6 Å². The monoisotopic (exact) mass is 437 g/mol. The Balaban J connectivity index is 2.00. The van der Waals surface area contributed by atoms with Crippen molar-refractivity contribution in [2.75, 3.05) is 5.32 Å². The molecule has 0 saturated heterocycles. The van der Waals surface area contributed by atoms with Crippen LogP contribution in [0.1, 0.15) is 18.5 Å². The lowest BCUT2D eigenvalue weighted by molar-refractivity contribution is -0.113. The van der Waals surface area contributed by atoms with Gasteiger partial charge in [-0.25, -0.2) is 8.78 Å². The van der Waals surface area contributed by atoms with E-state index in [2.05, 4.69) is 31.9 Å². The molecule has 0 bridgehead atoms. The molecular formula is C18H14BrF2N3OS. The molecule has 1 aliphatic rings. The zero-order valence-electron chi connectivity index (χ0n) is 13.6. The van der Waals surface area contributed by atoms with Crippen molar-refractivity contribution in [3.8, 4) is 0 Å². The summed E-state index contributed by atoms with van der Waals surface area (Å²) >= 11 is 8.41. The number of halogens is 3. The normalized spacial score (nSPS) is 16.8. The van der Waals surface area contributed by atoms with E-state index in [1.165, 1.54) is 6.07 Å². The van der Waals surface area contributed by atoms with Crippen molar-refractivity contribution in [3.63, 3.8) is 0 Å².